The molecule has 3 nitrogen and oxygen atoms in total. The van der Waals surface area contributed by atoms with Crippen molar-refractivity contribution in [3.8, 4) is 0 Å². The van der Waals surface area contributed by atoms with Crippen molar-refractivity contribution in [2.45, 2.75) is 0 Å². The molecule has 0 unspecified atom stereocenters. The van der Waals surface area contributed by atoms with E-state index in [4.69, 9.17) is 0 Å². The summed E-state index contributed by atoms with van der Waals surface area (Å²) in [6.07, 6.45) is 0. The Morgan fingerprint density at radius 1 is 0.600 bits per heavy atom. The molecule has 0 atom stereocenters. The van der Waals surface area contributed by atoms with E-state index in [1.54, 1.807) is 0 Å². The Kier molecular flexibility index (Phi) is 381. The summed E-state index contributed by atoms with van der Waals surface area (Å²) in [5.41, 5.74) is 0. The number of rotatable bonds is 0. The minimum absolute atomic E-state index is 0. The van der Waals surface area contributed by atoms with Crippen LogP contribution >= 0.6 is 0 Å². The number of hydrogen-bond donors (Lipinski definition) is 0. The van der Waals surface area contributed by atoms with Gasteiger partial charge >= 0.3 is 72.8 Å². The third-order valence-corrected chi connectivity index (χ3v) is 0. The molecule has 0 aromatic heterocycles. The summed E-state index contributed by atoms with van der Waals surface area (Å²) in [4.78, 5) is 0. The second-order valence-electron chi connectivity index (χ2n) is 0. The van der Waals surface area contributed by atoms with Gasteiger partial charge in [0.1, 0.15) is 0 Å². The fraction of sp³-hybridized carbons (Fsp3) is 0. The average Bonchev–Trinajstić information content (AvgIpc) is 0. The fourth-order valence-electron chi connectivity index (χ4n) is 0. The third kappa shape index (κ3) is 22.3. The standard InChI is InChI=1S/Ba.3H2O.Sn.4H/h;3*1H2;;;;;. The van der Waals surface area contributed by atoms with Crippen LogP contribution in [0.3, 0.4) is 0 Å². The van der Waals surface area contributed by atoms with Gasteiger partial charge in [0.05, 0.1) is 0 Å². The van der Waals surface area contributed by atoms with Crippen LogP contribution in [0, 0.1) is 0 Å². The van der Waals surface area contributed by atoms with E-state index in [0.717, 1.165) is 0 Å². The molecule has 0 spiro atoms. The van der Waals surface area contributed by atoms with Gasteiger partial charge in [-0.1, -0.05) is 0 Å². The topological polar surface area (TPSA) is 94.5 Å². The molecule has 0 aromatic rings. The fourth-order valence-corrected chi connectivity index (χ4v) is 0. The Labute approximate surface area is 87.5 Å². The molecule has 0 aromatic carbocycles. The molecule has 0 bridgehead atoms. The quantitative estimate of drug-likeness (QED) is 0.405. The maximum atomic E-state index is 0. The summed E-state index contributed by atoms with van der Waals surface area (Å²) in [6, 6.07) is 0. The van der Waals surface area contributed by atoms with Crippen molar-refractivity contribution in [2.75, 3.05) is 0 Å². The van der Waals surface area contributed by atoms with Gasteiger partial charge in [0.2, 0.25) is 0 Å². The van der Waals surface area contributed by atoms with Crippen LogP contribution < -0.4 is 0 Å². The van der Waals surface area contributed by atoms with E-state index < -0.39 is 0 Å². The van der Waals surface area contributed by atoms with Gasteiger partial charge in [-0.25, -0.2) is 0 Å². The van der Waals surface area contributed by atoms with Gasteiger partial charge in [0.15, 0.2) is 0 Å². The Hall–Kier alpha value is 2.25. The van der Waals surface area contributed by atoms with Gasteiger partial charge in [-0.15, -0.1) is 0 Å². The second kappa shape index (κ2) is 34.0. The minimum atomic E-state index is 0. The van der Waals surface area contributed by atoms with Gasteiger partial charge in [-0.05, 0) is 0 Å². The van der Waals surface area contributed by atoms with E-state index in [1.807, 2.05) is 0 Å². The van der Waals surface area contributed by atoms with Gasteiger partial charge < -0.3 is 16.4 Å². The van der Waals surface area contributed by atoms with Crippen molar-refractivity contribution < 1.29 is 16.4 Å². The second-order valence-corrected chi connectivity index (χ2v) is 0. The SMILES string of the molecule is O.O.O.[BaH2].[SnH2]. The molecule has 6 N–H and O–H groups in total. The monoisotopic (exact) mass is 316 g/mol. The van der Waals surface area contributed by atoms with E-state index >= 15 is 0 Å². The van der Waals surface area contributed by atoms with Crippen molar-refractivity contribution >= 4 is 72.8 Å². The summed E-state index contributed by atoms with van der Waals surface area (Å²) in [7, 11) is 0. The first-order chi connectivity index (χ1) is 0. The molecule has 0 rings (SSSR count). The molecule has 0 aliphatic carbocycles. The molecule has 5 heavy (non-hydrogen) atoms. The van der Waals surface area contributed by atoms with Crippen LogP contribution in [0.1, 0.15) is 0 Å². The Morgan fingerprint density at radius 2 is 0.600 bits per heavy atom. The molecule has 34 valence electrons. The summed E-state index contributed by atoms with van der Waals surface area (Å²) < 4.78 is 0. The molecule has 0 fully saturated rings. The molecule has 5 heteroatoms. The van der Waals surface area contributed by atoms with Crippen LogP contribution in [-0.2, 0) is 0 Å². The number of hydrogen-bond acceptors (Lipinski definition) is 0. The van der Waals surface area contributed by atoms with Crippen LogP contribution in [0.25, 0.3) is 0 Å². The predicted molar refractivity (Wildman–Crippen MR) is 27.9 cm³/mol. The average molecular weight is 314 g/mol. The molecule has 0 saturated heterocycles. The van der Waals surface area contributed by atoms with Crippen LogP contribution in [0.5, 0.6) is 0 Å². The first-order valence-electron chi connectivity index (χ1n) is 0. The van der Waals surface area contributed by atoms with Crippen LogP contribution in [0.2, 0.25) is 0 Å². The zero-order valence-corrected chi connectivity index (χ0v) is 6.24. The molecule has 0 amide bonds. The van der Waals surface area contributed by atoms with E-state index in [9.17, 15) is 0 Å². The van der Waals surface area contributed by atoms with Crippen molar-refractivity contribution in [1.29, 1.82) is 0 Å². The zero-order valence-electron chi connectivity index (χ0n) is 2.21. The van der Waals surface area contributed by atoms with Crippen molar-refractivity contribution in [2.24, 2.45) is 0 Å². The Bertz CT molecular complexity index is 6.85. The van der Waals surface area contributed by atoms with Crippen molar-refractivity contribution in [3.05, 3.63) is 0 Å². The summed E-state index contributed by atoms with van der Waals surface area (Å²) in [5, 5.41) is 0. The Morgan fingerprint density at radius 3 is 0.600 bits per heavy atom. The van der Waals surface area contributed by atoms with Gasteiger partial charge in [-0.3, -0.25) is 0 Å². The van der Waals surface area contributed by atoms with Gasteiger partial charge in [-0.2, -0.15) is 0 Å². The van der Waals surface area contributed by atoms with E-state index in [0.29, 0.717) is 0 Å². The summed E-state index contributed by atoms with van der Waals surface area (Å²) in [6.45, 7) is 0. The predicted octanol–water partition coefficient (Wildman–Crippen LogP) is -4.31. The normalized spacial score (nSPS) is 0. The van der Waals surface area contributed by atoms with Gasteiger partial charge in [0.25, 0.3) is 0 Å². The van der Waals surface area contributed by atoms with E-state index in [1.165, 1.54) is 0 Å². The van der Waals surface area contributed by atoms with Crippen LogP contribution in [0.4, 0.5) is 0 Å². The molecular formula is H10BaO3Sn. The summed E-state index contributed by atoms with van der Waals surface area (Å²) >= 11 is 0. The zero-order chi connectivity index (χ0) is 0. The van der Waals surface area contributed by atoms with Crippen molar-refractivity contribution in [1.82, 2.24) is 0 Å². The Balaban J connectivity index is 0. The van der Waals surface area contributed by atoms with E-state index in [2.05, 4.69) is 0 Å². The van der Waals surface area contributed by atoms with Crippen molar-refractivity contribution in [3.63, 3.8) is 0 Å². The van der Waals surface area contributed by atoms with E-state index in [-0.39, 0.29) is 89.2 Å². The van der Waals surface area contributed by atoms with Crippen LogP contribution in [-0.4, -0.2) is 89.2 Å². The molecular weight excluding hydrogens is 304 g/mol. The third-order valence-electron chi connectivity index (χ3n) is 0. The molecule has 0 aliphatic rings. The maximum absolute atomic E-state index is 0. The summed E-state index contributed by atoms with van der Waals surface area (Å²) in [5.74, 6) is 0. The first kappa shape index (κ1) is 55.9. The van der Waals surface area contributed by atoms with Gasteiger partial charge in [0, 0.05) is 0 Å². The molecule has 0 saturated carbocycles. The first-order valence-corrected chi connectivity index (χ1v) is 0. The molecule has 2 radical (unpaired) electrons. The van der Waals surface area contributed by atoms with Crippen LogP contribution in [0.15, 0.2) is 0 Å². The molecule has 0 heterocycles. The molecule has 0 aliphatic heterocycles.